The number of rotatable bonds is 6. The highest BCUT2D eigenvalue weighted by Gasteiger charge is 2.16. The van der Waals surface area contributed by atoms with Crippen LogP contribution in [-0.4, -0.2) is 30.5 Å². The van der Waals surface area contributed by atoms with E-state index < -0.39 is 17.7 Å². The molecule has 1 aliphatic rings. The van der Waals surface area contributed by atoms with E-state index in [9.17, 15) is 13.9 Å². The van der Waals surface area contributed by atoms with Crippen molar-refractivity contribution in [2.45, 2.75) is 44.3 Å². The highest BCUT2D eigenvalue weighted by Crippen LogP contribution is 2.26. The molecule has 1 unspecified atom stereocenters. The van der Waals surface area contributed by atoms with Gasteiger partial charge in [0.15, 0.2) is 5.82 Å². The number of anilines is 1. The molecule has 0 spiro atoms. The van der Waals surface area contributed by atoms with Gasteiger partial charge in [0.1, 0.15) is 5.82 Å². The van der Waals surface area contributed by atoms with Crippen LogP contribution >= 0.6 is 11.6 Å². The third kappa shape index (κ3) is 5.09. The van der Waals surface area contributed by atoms with Gasteiger partial charge < -0.3 is 15.2 Å². The van der Waals surface area contributed by atoms with E-state index in [0.717, 1.165) is 37.8 Å². The number of nitrogens with one attached hydrogen (secondary N) is 1. The summed E-state index contributed by atoms with van der Waals surface area (Å²) in [5, 5.41) is 12.5. The standard InChI is InChI=1S/C15H20ClF2NO2/c16-13-6-10(17)7-14(18)15(13)19-8-11(20)9-21-12-4-2-1-3-5-12/h6-7,11-12,19-20H,1-5,8-9H2. The fourth-order valence-electron chi connectivity index (χ4n) is 2.47. The lowest BCUT2D eigenvalue weighted by atomic mass is 9.98. The lowest BCUT2D eigenvalue weighted by Crippen LogP contribution is -2.29. The molecule has 0 bridgehead atoms. The van der Waals surface area contributed by atoms with Crippen LogP contribution in [0.5, 0.6) is 0 Å². The van der Waals surface area contributed by atoms with Crippen molar-refractivity contribution in [1.29, 1.82) is 0 Å². The minimum atomic E-state index is -0.777. The van der Waals surface area contributed by atoms with Gasteiger partial charge in [-0.15, -0.1) is 0 Å². The molecule has 0 aromatic heterocycles. The maximum Gasteiger partial charge on any atom is 0.150 e. The maximum absolute atomic E-state index is 13.5. The number of halogens is 3. The van der Waals surface area contributed by atoms with E-state index in [4.69, 9.17) is 16.3 Å². The summed E-state index contributed by atoms with van der Waals surface area (Å²) in [7, 11) is 0. The van der Waals surface area contributed by atoms with E-state index in [1.165, 1.54) is 6.42 Å². The quantitative estimate of drug-likeness (QED) is 0.839. The lowest BCUT2D eigenvalue weighted by molar-refractivity contribution is -0.0195. The first-order valence-electron chi connectivity index (χ1n) is 7.24. The van der Waals surface area contributed by atoms with Gasteiger partial charge in [0.25, 0.3) is 0 Å². The second-order valence-electron chi connectivity index (χ2n) is 5.37. The molecule has 1 fully saturated rings. The molecule has 2 rings (SSSR count). The number of ether oxygens (including phenoxy) is 1. The van der Waals surface area contributed by atoms with Crippen molar-refractivity contribution >= 4 is 17.3 Å². The van der Waals surface area contributed by atoms with E-state index >= 15 is 0 Å². The van der Waals surface area contributed by atoms with Crippen LogP contribution in [0.3, 0.4) is 0 Å². The Morgan fingerprint density at radius 1 is 1.29 bits per heavy atom. The third-order valence-corrected chi connectivity index (χ3v) is 3.90. The Labute approximate surface area is 128 Å². The fraction of sp³-hybridized carbons (Fsp3) is 0.600. The van der Waals surface area contributed by atoms with Crippen molar-refractivity contribution in [3.63, 3.8) is 0 Å². The van der Waals surface area contributed by atoms with Crippen molar-refractivity contribution in [1.82, 2.24) is 0 Å². The van der Waals surface area contributed by atoms with Gasteiger partial charge in [0.2, 0.25) is 0 Å². The Bertz CT molecular complexity index is 444. The first-order chi connectivity index (χ1) is 10.1. The molecule has 21 heavy (non-hydrogen) atoms. The summed E-state index contributed by atoms with van der Waals surface area (Å²) in [4.78, 5) is 0. The molecule has 6 heteroatoms. The average Bonchev–Trinajstić information content (AvgIpc) is 2.45. The van der Waals surface area contributed by atoms with E-state index in [1.54, 1.807) is 0 Å². The molecule has 118 valence electrons. The topological polar surface area (TPSA) is 41.5 Å². The number of aliphatic hydroxyl groups excluding tert-OH is 1. The van der Waals surface area contributed by atoms with Gasteiger partial charge in [-0.1, -0.05) is 30.9 Å². The molecule has 0 saturated heterocycles. The smallest absolute Gasteiger partial charge is 0.150 e. The average molecular weight is 320 g/mol. The van der Waals surface area contributed by atoms with Crippen LogP contribution in [-0.2, 0) is 4.74 Å². The number of benzene rings is 1. The van der Waals surface area contributed by atoms with Crippen LogP contribution in [0.15, 0.2) is 12.1 Å². The van der Waals surface area contributed by atoms with Crippen molar-refractivity contribution in [2.24, 2.45) is 0 Å². The normalized spacial score (nSPS) is 17.7. The molecule has 2 N–H and O–H groups in total. The molecule has 3 nitrogen and oxygen atoms in total. The molecule has 1 aromatic carbocycles. The Morgan fingerprint density at radius 3 is 2.67 bits per heavy atom. The SMILES string of the molecule is OC(CNc1c(F)cc(F)cc1Cl)COC1CCCCC1. The summed E-state index contributed by atoms with van der Waals surface area (Å²) in [6.07, 6.45) is 5.06. The van der Waals surface area contributed by atoms with Crippen LogP contribution < -0.4 is 5.32 Å². The summed E-state index contributed by atoms with van der Waals surface area (Å²) >= 11 is 5.76. The van der Waals surface area contributed by atoms with Crippen LogP contribution in [0, 0.1) is 11.6 Å². The summed E-state index contributed by atoms with van der Waals surface area (Å²) in [5.41, 5.74) is -0.00483. The predicted molar refractivity (Wildman–Crippen MR) is 78.7 cm³/mol. The molecule has 0 aliphatic heterocycles. The first kappa shape index (κ1) is 16.5. The monoisotopic (exact) mass is 319 g/mol. The Morgan fingerprint density at radius 2 is 2.00 bits per heavy atom. The van der Waals surface area contributed by atoms with Gasteiger partial charge in [-0.05, 0) is 18.9 Å². The van der Waals surface area contributed by atoms with Gasteiger partial charge >= 0.3 is 0 Å². The maximum atomic E-state index is 13.5. The van der Waals surface area contributed by atoms with E-state index in [0.29, 0.717) is 0 Å². The molecule has 0 heterocycles. The molecule has 0 amide bonds. The zero-order chi connectivity index (χ0) is 15.2. The summed E-state index contributed by atoms with van der Waals surface area (Å²) in [6.45, 7) is 0.285. The summed E-state index contributed by atoms with van der Waals surface area (Å²) in [6, 6.07) is 1.77. The van der Waals surface area contributed by atoms with Gasteiger partial charge in [-0.25, -0.2) is 8.78 Å². The molecular weight excluding hydrogens is 300 g/mol. The minimum Gasteiger partial charge on any atom is -0.389 e. The van der Waals surface area contributed by atoms with Crippen LogP contribution in [0.1, 0.15) is 32.1 Å². The Hall–Kier alpha value is -0.910. The molecule has 1 aromatic rings. The largest absolute Gasteiger partial charge is 0.389 e. The highest BCUT2D eigenvalue weighted by molar-refractivity contribution is 6.33. The number of hydrogen-bond donors (Lipinski definition) is 2. The van der Waals surface area contributed by atoms with Gasteiger partial charge in [0, 0.05) is 12.6 Å². The van der Waals surface area contributed by atoms with E-state index in [2.05, 4.69) is 5.32 Å². The third-order valence-electron chi connectivity index (χ3n) is 3.60. The van der Waals surface area contributed by atoms with Crippen molar-refractivity contribution in [2.75, 3.05) is 18.5 Å². The highest BCUT2D eigenvalue weighted by atomic mass is 35.5. The first-order valence-corrected chi connectivity index (χ1v) is 7.62. The number of aliphatic hydroxyl groups is 1. The van der Waals surface area contributed by atoms with Crippen LogP contribution in [0.2, 0.25) is 5.02 Å². The van der Waals surface area contributed by atoms with Crippen LogP contribution in [0.4, 0.5) is 14.5 Å². The van der Waals surface area contributed by atoms with Crippen molar-refractivity contribution in [3.05, 3.63) is 28.8 Å². The van der Waals surface area contributed by atoms with Crippen molar-refractivity contribution in [3.8, 4) is 0 Å². The predicted octanol–water partition coefficient (Wildman–Crippen LogP) is 3.74. The molecule has 0 radical (unpaired) electrons. The number of hydrogen-bond acceptors (Lipinski definition) is 3. The Kier molecular flexibility index (Phi) is 6.21. The lowest BCUT2D eigenvalue weighted by Gasteiger charge is -2.23. The molecular formula is C15H20ClF2NO2. The van der Waals surface area contributed by atoms with Crippen molar-refractivity contribution < 1.29 is 18.6 Å². The zero-order valence-electron chi connectivity index (χ0n) is 11.7. The van der Waals surface area contributed by atoms with E-state index in [-0.39, 0.29) is 30.0 Å². The summed E-state index contributed by atoms with van der Waals surface area (Å²) in [5.74, 6) is -1.51. The van der Waals surface area contributed by atoms with Gasteiger partial charge in [-0.2, -0.15) is 0 Å². The van der Waals surface area contributed by atoms with Crippen LogP contribution in [0.25, 0.3) is 0 Å². The van der Waals surface area contributed by atoms with Gasteiger partial charge in [-0.3, -0.25) is 0 Å². The fourth-order valence-corrected chi connectivity index (χ4v) is 2.73. The molecule has 1 atom stereocenters. The second-order valence-corrected chi connectivity index (χ2v) is 5.78. The summed E-state index contributed by atoms with van der Waals surface area (Å²) < 4.78 is 32.1. The molecule has 1 saturated carbocycles. The molecule has 1 aliphatic carbocycles. The van der Waals surface area contributed by atoms with E-state index in [1.807, 2.05) is 0 Å². The zero-order valence-corrected chi connectivity index (χ0v) is 12.5. The Balaban J connectivity index is 1.77. The minimum absolute atomic E-state index is 0.00483. The second kappa shape index (κ2) is 7.92. The van der Waals surface area contributed by atoms with Gasteiger partial charge in [0.05, 0.1) is 29.5 Å².